The molecule has 0 amide bonds. The van der Waals surface area contributed by atoms with E-state index in [4.69, 9.17) is 5.73 Å². The van der Waals surface area contributed by atoms with Gasteiger partial charge in [-0.15, -0.1) is 0 Å². The Kier molecular flexibility index (Phi) is 3.80. The predicted molar refractivity (Wildman–Crippen MR) is 64.3 cm³/mol. The summed E-state index contributed by atoms with van der Waals surface area (Å²) in [5.74, 6) is 1.72. The largest absolute Gasteiger partial charge is 0.325 e. The van der Waals surface area contributed by atoms with Crippen molar-refractivity contribution in [1.82, 2.24) is 4.90 Å². The summed E-state index contributed by atoms with van der Waals surface area (Å²) in [5, 5.41) is 0. The van der Waals surface area contributed by atoms with Crippen molar-refractivity contribution in [3.8, 4) is 0 Å². The van der Waals surface area contributed by atoms with Crippen LogP contribution in [0.5, 0.6) is 0 Å². The zero-order valence-electron chi connectivity index (χ0n) is 9.41. The average Bonchev–Trinajstić information content (AvgIpc) is 2.65. The van der Waals surface area contributed by atoms with E-state index in [1.165, 1.54) is 25.7 Å². The van der Waals surface area contributed by atoms with Gasteiger partial charge in [0.15, 0.2) is 0 Å². The van der Waals surface area contributed by atoms with Crippen molar-refractivity contribution < 1.29 is 4.21 Å². The highest BCUT2D eigenvalue weighted by molar-refractivity contribution is 7.85. The Hall–Kier alpha value is 0.0700. The molecule has 0 atom stereocenters. The molecule has 0 aromatic heterocycles. The summed E-state index contributed by atoms with van der Waals surface area (Å²) < 4.78 is 11.2. The van der Waals surface area contributed by atoms with E-state index in [9.17, 15) is 4.21 Å². The summed E-state index contributed by atoms with van der Waals surface area (Å²) in [6, 6.07) is 0. The van der Waals surface area contributed by atoms with Crippen LogP contribution in [0.2, 0.25) is 0 Å². The first-order chi connectivity index (χ1) is 7.18. The third kappa shape index (κ3) is 3.26. The minimum Gasteiger partial charge on any atom is -0.325 e. The Labute approximate surface area is 94.9 Å². The molecule has 3 nitrogen and oxygen atoms in total. The fourth-order valence-electron chi connectivity index (χ4n) is 2.61. The van der Waals surface area contributed by atoms with Gasteiger partial charge in [0.05, 0.1) is 0 Å². The third-order valence-corrected chi connectivity index (χ3v) is 5.07. The number of hydrogen-bond acceptors (Lipinski definition) is 3. The van der Waals surface area contributed by atoms with Gasteiger partial charge in [0.1, 0.15) is 0 Å². The highest BCUT2D eigenvalue weighted by Gasteiger charge is 2.29. The first-order valence-corrected chi connectivity index (χ1v) is 7.53. The second kappa shape index (κ2) is 4.93. The van der Waals surface area contributed by atoms with Crippen LogP contribution in [0.4, 0.5) is 0 Å². The highest BCUT2D eigenvalue weighted by Crippen LogP contribution is 2.30. The van der Waals surface area contributed by atoms with Crippen molar-refractivity contribution in [2.24, 2.45) is 5.73 Å². The zero-order valence-corrected chi connectivity index (χ0v) is 10.2. The van der Waals surface area contributed by atoms with Crippen molar-refractivity contribution >= 4 is 10.8 Å². The minimum absolute atomic E-state index is 0.122. The van der Waals surface area contributed by atoms with Crippen LogP contribution in [0, 0.1) is 0 Å². The maximum Gasteiger partial charge on any atom is 0.0363 e. The van der Waals surface area contributed by atoms with Gasteiger partial charge in [0.2, 0.25) is 0 Å². The quantitative estimate of drug-likeness (QED) is 0.777. The molecule has 0 aromatic carbocycles. The molecule has 0 bridgehead atoms. The van der Waals surface area contributed by atoms with E-state index in [1.54, 1.807) is 0 Å². The SMILES string of the molecule is NC1(CCN2CCS(=O)CC2)CCCC1. The van der Waals surface area contributed by atoms with E-state index < -0.39 is 10.8 Å². The Balaban J connectivity index is 1.71. The summed E-state index contributed by atoms with van der Waals surface area (Å²) in [7, 11) is -0.550. The van der Waals surface area contributed by atoms with Crippen LogP contribution >= 0.6 is 0 Å². The molecule has 4 heteroatoms. The molecular weight excluding hydrogens is 208 g/mol. The average molecular weight is 230 g/mol. The summed E-state index contributed by atoms with van der Waals surface area (Å²) in [5.41, 5.74) is 6.44. The van der Waals surface area contributed by atoms with E-state index in [2.05, 4.69) is 4.90 Å². The topological polar surface area (TPSA) is 46.3 Å². The van der Waals surface area contributed by atoms with Crippen LogP contribution in [0.3, 0.4) is 0 Å². The number of rotatable bonds is 3. The van der Waals surface area contributed by atoms with Gasteiger partial charge in [-0.2, -0.15) is 0 Å². The second-order valence-corrected chi connectivity index (χ2v) is 6.71. The van der Waals surface area contributed by atoms with Crippen molar-refractivity contribution in [2.75, 3.05) is 31.1 Å². The van der Waals surface area contributed by atoms with Crippen LogP contribution in [0.15, 0.2) is 0 Å². The maximum absolute atomic E-state index is 11.2. The van der Waals surface area contributed by atoms with E-state index in [0.717, 1.165) is 37.6 Å². The fraction of sp³-hybridized carbons (Fsp3) is 1.00. The molecule has 15 heavy (non-hydrogen) atoms. The Morgan fingerprint density at radius 2 is 1.80 bits per heavy atom. The molecule has 2 N–H and O–H groups in total. The molecule has 0 radical (unpaired) electrons. The lowest BCUT2D eigenvalue weighted by molar-refractivity contribution is 0.256. The number of nitrogens with zero attached hydrogens (tertiary/aromatic N) is 1. The van der Waals surface area contributed by atoms with Crippen molar-refractivity contribution in [1.29, 1.82) is 0 Å². The Morgan fingerprint density at radius 1 is 1.20 bits per heavy atom. The summed E-state index contributed by atoms with van der Waals surface area (Å²) in [4.78, 5) is 2.42. The highest BCUT2D eigenvalue weighted by atomic mass is 32.2. The molecule has 2 aliphatic rings. The maximum atomic E-state index is 11.2. The molecule has 88 valence electrons. The van der Waals surface area contributed by atoms with Crippen LogP contribution in [-0.2, 0) is 10.8 Å². The van der Waals surface area contributed by atoms with Crippen molar-refractivity contribution in [3.63, 3.8) is 0 Å². The normalized spacial score (nSPS) is 28.3. The predicted octanol–water partition coefficient (Wildman–Crippen LogP) is 0.712. The van der Waals surface area contributed by atoms with Gasteiger partial charge >= 0.3 is 0 Å². The third-order valence-electron chi connectivity index (χ3n) is 3.80. The van der Waals surface area contributed by atoms with Gasteiger partial charge in [0.25, 0.3) is 0 Å². The standard InChI is InChI=1S/C11H22N2OS/c12-11(3-1-2-4-11)5-6-13-7-9-15(14)10-8-13/h1-10,12H2. The van der Waals surface area contributed by atoms with Gasteiger partial charge in [-0.3, -0.25) is 4.21 Å². The van der Waals surface area contributed by atoms with Gasteiger partial charge < -0.3 is 10.6 Å². The molecule has 1 saturated heterocycles. The number of hydrogen-bond donors (Lipinski definition) is 1. The Bertz CT molecular complexity index is 229. The lowest BCUT2D eigenvalue weighted by Gasteiger charge is -2.30. The van der Waals surface area contributed by atoms with Crippen molar-refractivity contribution in [3.05, 3.63) is 0 Å². The van der Waals surface area contributed by atoms with E-state index >= 15 is 0 Å². The first-order valence-electron chi connectivity index (χ1n) is 6.04. The van der Waals surface area contributed by atoms with Gasteiger partial charge in [0, 0.05) is 40.9 Å². The Morgan fingerprint density at radius 3 is 2.40 bits per heavy atom. The van der Waals surface area contributed by atoms with E-state index in [1.807, 2.05) is 0 Å². The van der Waals surface area contributed by atoms with E-state index in [0.29, 0.717) is 0 Å². The summed E-state index contributed by atoms with van der Waals surface area (Å²) >= 11 is 0. The van der Waals surface area contributed by atoms with Gasteiger partial charge in [-0.1, -0.05) is 12.8 Å². The second-order valence-electron chi connectivity index (χ2n) is 5.01. The molecule has 0 unspecified atom stereocenters. The van der Waals surface area contributed by atoms with Crippen LogP contribution < -0.4 is 5.73 Å². The molecule has 1 aliphatic carbocycles. The monoisotopic (exact) mass is 230 g/mol. The lowest BCUT2D eigenvalue weighted by Crippen LogP contribution is -2.44. The lowest BCUT2D eigenvalue weighted by atomic mass is 9.94. The molecule has 1 heterocycles. The van der Waals surface area contributed by atoms with Crippen LogP contribution in [0.1, 0.15) is 32.1 Å². The molecule has 2 rings (SSSR count). The first kappa shape index (κ1) is 11.6. The van der Waals surface area contributed by atoms with Crippen LogP contribution in [0.25, 0.3) is 0 Å². The molecule has 0 spiro atoms. The van der Waals surface area contributed by atoms with Crippen molar-refractivity contribution in [2.45, 2.75) is 37.6 Å². The molecule has 1 aliphatic heterocycles. The van der Waals surface area contributed by atoms with Gasteiger partial charge in [-0.25, -0.2) is 0 Å². The van der Waals surface area contributed by atoms with Gasteiger partial charge in [-0.05, 0) is 25.8 Å². The number of nitrogens with two attached hydrogens (primary N) is 1. The molecule has 2 fully saturated rings. The zero-order chi connectivity index (χ0) is 10.7. The minimum atomic E-state index is -0.550. The fourth-order valence-corrected chi connectivity index (χ4v) is 3.74. The molecular formula is C11H22N2OS. The smallest absolute Gasteiger partial charge is 0.0363 e. The van der Waals surface area contributed by atoms with E-state index in [-0.39, 0.29) is 5.54 Å². The summed E-state index contributed by atoms with van der Waals surface area (Å²) in [6.45, 7) is 3.11. The molecule has 0 aromatic rings. The summed E-state index contributed by atoms with van der Waals surface area (Å²) in [6.07, 6.45) is 6.14. The molecule has 1 saturated carbocycles. The van der Waals surface area contributed by atoms with Crippen LogP contribution in [-0.4, -0.2) is 45.8 Å².